The summed E-state index contributed by atoms with van der Waals surface area (Å²) in [5.41, 5.74) is 3.85. The summed E-state index contributed by atoms with van der Waals surface area (Å²) in [4.78, 5) is 15.1. The zero-order chi connectivity index (χ0) is 27.5. The maximum Gasteiger partial charge on any atom is 0.263 e. The number of benzene rings is 4. The number of anilines is 4. The first-order chi connectivity index (χ1) is 19.5. The Bertz CT molecular complexity index is 1830. The molecule has 0 aliphatic carbocycles. The van der Waals surface area contributed by atoms with E-state index in [0.29, 0.717) is 17.1 Å². The molecule has 5 aromatic rings. The smallest absolute Gasteiger partial charge is 0.263 e. The second kappa shape index (κ2) is 10.8. The molecule has 1 aliphatic heterocycles. The predicted molar refractivity (Wildman–Crippen MR) is 158 cm³/mol. The number of hydrogen-bond acceptors (Lipinski definition) is 7. The lowest BCUT2D eigenvalue weighted by Crippen LogP contribution is -2.15. The van der Waals surface area contributed by atoms with Crippen LogP contribution in [0.25, 0.3) is 5.69 Å². The highest BCUT2D eigenvalue weighted by Crippen LogP contribution is 2.44. The van der Waals surface area contributed by atoms with Crippen molar-refractivity contribution in [1.82, 2.24) is 9.78 Å². The first-order valence-corrected chi connectivity index (χ1v) is 14.6. The van der Waals surface area contributed by atoms with Gasteiger partial charge < -0.3 is 10.6 Å². The zero-order valence-electron chi connectivity index (χ0n) is 21.0. The van der Waals surface area contributed by atoms with Crippen LogP contribution in [0.1, 0.15) is 10.4 Å². The number of para-hydroxylation sites is 2. The summed E-state index contributed by atoms with van der Waals surface area (Å²) in [5, 5.41) is 10.6. The van der Waals surface area contributed by atoms with Crippen LogP contribution in [0.15, 0.2) is 136 Å². The average Bonchev–Trinajstić information content (AvgIpc) is 3.44. The topological polar surface area (TPSA) is 105 Å². The van der Waals surface area contributed by atoms with Crippen LogP contribution in [-0.4, -0.2) is 24.0 Å². The molecule has 0 saturated heterocycles. The summed E-state index contributed by atoms with van der Waals surface area (Å²) in [7, 11) is -3.85. The third-order valence-corrected chi connectivity index (χ3v) is 8.69. The minimum atomic E-state index is -3.85. The van der Waals surface area contributed by atoms with E-state index in [-0.39, 0.29) is 10.7 Å². The lowest BCUT2D eigenvalue weighted by Gasteiger charge is -2.20. The highest BCUT2D eigenvalue weighted by molar-refractivity contribution is 7.99. The monoisotopic (exact) mass is 565 g/mol. The van der Waals surface area contributed by atoms with Gasteiger partial charge in [-0.05, 0) is 66.7 Å². The van der Waals surface area contributed by atoms with Gasteiger partial charge in [-0.15, -0.1) is 0 Å². The molecular weight excluding hydrogens is 542 g/mol. The van der Waals surface area contributed by atoms with Crippen molar-refractivity contribution in [3.63, 3.8) is 0 Å². The Morgan fingerprint density at radius 2 is 1.60 bits per heavy atom. The van der Waals surface area contributed by atoms with Crippen molar-refractivity contribution in [2.75, 3.05) is 15.4 Å². The van der Waals surface area contributed by atoms with E-state index < -0.39 is 10.0 Å². The number of ketones is 1. The number of rotatable bonds is 8. The van der Waals surface area contributed by atoms with Crippen LogP contribution in [0.3, 0.4) is 0 Å². The average molecular weight is 566 g/mol. The van der Waals surface area contributed by atoms with Crippen LogP contribution in [-0.2, 0) is 10.0 Å². The number of fused-ring (bicyclic) bond motifs is 2. The van der Waals surface area contributed by atoms with Crippen LogP contribution in [0.5, 0.6) is 0 Å². The molecule has 0 unspecified atom stereocenters. The number of nitrogens with one attached hydrogen (secondary N) is 3. The van der Waals surface area contributed by atoms with Gasteiger partial charge in [-0.2, -0.15) is 5.10 Å². The Labute approximate surface area is 235 Å². The number of aromatic nitrogens is 2. The minimum absolute atomic E-state index is 0.0971. The van der Waals surface area contributed by atoms with Crippen molar-refractivity contribution in [3.8, 4) is 5.69 Å². The SMILES string of the molecule is O=C(/C=C\Nc1ccc(S(=O)(=O)Nc2ccnn2-c2ccccc2)cc1)c1ccc2c(c1)Nc1ccccc1S2. The van der Waals surface area contributed by atoms with Gasteiger partial charge in [-0.25, -0.2) is 13.1 Å². The van der Waals surface area contributed by atoms with Gasteiger partial charge in [-0.3, -0.25) is 9.52 Å². The van der Waals surface area contributed by atoms with E-state index in [1.165, 1.54) is 29.1 Å². The molecule has 0 fully saturated rings. The molecule has 8 nitrogen and oxygen atoms in total. The van der Waals surface area contributed by atoms with E-state index in [1.54, 1.807) is 36.2 Å². The van der Waals surface area contributed by atoms with Crippen LogP contribution < -0.4 is 15.4 Å². The number of carbonyl (C=O) groups is 1. The maximum atomic E-state index is 13.0. The number of hydrogen-bond donors (Lipinski definition) is 3. The molecular formula is C30H23N5O3S2. The van der Waals surface area contributed by atoms with Gasteiger partial charge >= 0.3 is 0 Å². The molecule has 0 amide bonds. The highest BCUT2D eigenvalue weighted by atomic mass is 32.2. The van der Waals surface area contributed by atoms with Gasteiger partial charge in [0.1, 0.15) is 5.82 Å². The maximum absolute atomic E-state index is 13.0. The molecule has 2 heterocycles. The second-order valence-corrected chi connectivity index (χ2v) is 11.6. The van der Waals surface area contributed by atoms with Crippen LogP contribution >= 0.6 is 11.8 Å². The van der Waals surface area contributed by atoms with E-state index in [1.807, 2.05) is 66.7 Å². The molecule has 1 aromatic heterocycles. The molecule has 6 rings (SSSR count). The van der Waals surface area contributed by atoms with E-state index in [2.05, 4.69) is 26.5 Å². The minimum Gasteiger partial charge on any atom is -0.362 e. The molecule has 10 heteroatoms. The van der Waals surface area contributed by atoms with Gasteiger partial charge in [0.2, 0.25) is 0 Å². The van der Waals surface area contributed by atoms with Crippen molar-refractivity contribution in [2.24, 2.45) is 0 Å². The van der Waals surface area contributed by atoms with Gasteiger partial charge in [0, 0.05) is 39.4 Å². The van der Waals surface area contributed by atoms with Gasteiger partial charge in [0.25, 0.3) is 10.0 Å². The molecule has 0 spiro atoms. The first kappa shape index (κ1) is 25.5. The summed E-state index contributed by atoms with van der Waals surface area (Å²) >= 11 is 1.67. The molecule has 0 saturated carbocycles. The van der Waals surface area contributed by atoms with Crippen molar-refractivity contribution in [1.29, 1.82) is 0 Å². The zero-order valence-corrected chi connectivity index (χ0v) is 22.6. The molecule has 3 N–H and O–H groups in total. The normalized spacial score (nSPS) is 12.3. The molecule has 0 bridgehead atoms. The Hall–Kier alpha value is -4.80. The van der Waals surface area contributed by atoms with E-state index >= 15 is 0 Å². The Morgan fingerprint density at radius 3 is 2.42 bits per heavy atom. The Kier molecular flexibility index (Phi) is 6.85. The second-order valence-electron chi connectivity index (χ2n) is 8.87. The lowest BCUT2D eigenvalue weighted by atomic mass is 10.1. The third kappa shape index (κ3) is 5.35. The molecule has 40 heavy (non-hydrogen) atoms. The number of allylic oxidation sites excluding steroid dienone is 1. The quantitative estimate of drug-likeness (QED) is 0.139. The van der Waals surface area contributed by atoms with E-state index in [0.717, 1.165) is 26.9 Å². The van der Waals surface area contributed by atoms with Crippen LogP contribution in [0.2, 0.25) is 0 Å². The summed E-state index contributed by atoms with van der Waals surface area (Å²) < 4.78 is 30.1. The molecule has 4 aromatic carbocycles. The molecule has 198 valence electrons. The van der Waals surface area contributed by atoms with Crippen molar-refractivity contribution in [3.05, 3.63) is 127 Å². The fourth-order valence-electron chi connectivity index (χ4n) is 4.18. The predicted octanol–water partition coefficient (Wildman–Crippen LogP) is 6.69. The molecule has 0 radical (unpaired) electrons. The van der Waals surface area contributed by atoms with Crippen LogP contribution in [0.4, 0.5) is 22.9 Å². The summed E-state index contributed by atoms with van der Waals surface area (Å²) in [5.74, 6) is 0.175. The molecule has 0 atom stereocenters. The molecule has 1 aliphatic rings. The standard InChI is InChI=1S/C30H23N5O3S2/c36-27(21-10-15-29-26(20-21)33-25-8-4-5-9-28(25)39-29)16-18-31-22-11-13-24(14-12-22)40(37,38)34-30-17-19-32-35(30)23-6-2-1-3-7-23/h1-20,31,33-34H/b18-16-. The van der Waals surface area contributed by atoms with Crippen LogP contribution in [0, 0.1) is 0 Å². The lowest BCUT2D eigenvalue weighted by molar-refractivity contribution is 0.104. The van der Waals surface area contributed by atoms with E-state index in [4.69, 9.17) is 0 Å². The fourth-order valence-corrected chi connectivity index (χ4v) is 6.20. The van der Waals surface area contributed by atoms with Gasteiger partial charge in [0.05, 0.1) is 28.2 Å². The first-order valence-electron chi connectivity index (χ1n) is 12.3. The largest absolute Gasteiger partial charge is 0.362 e. The highest BCUT2D eigenvalue weighted by Gasteiger charge is 2.18. The fraction of sp³-hybridized carbons (Fsp3) is 0. The van der Waals surface area contributed by atoms with Gasteiger partial charge in [-0.1, -0.05) is 42.1 Å². The third-order valence-electron chi connectivity index (χ3n) is 6.17. The number of nitrogens with zero attached hydrogens (tertiary/aromatic N) is 2. The number of carbonyl (C=O) groups excluding carboxylic acids is 1. The Morgan fingerprint density at radius 1 is 0.850 bits per heavy atom. The summed E-state index contributed by atoms with van der Waals surface area (Å²) in [6, 6.07) is 30.8. The number of sulfonamides is 1. The van der Waals surface area contributed by atoms with Crippen molar-refractivity contribution < 1.29 is 13.2 Å². The van der Waals surface area contributed by atoms with E-state index in [9.17, 15) is 13.2 Å². The summed E-state index contributed by atoms with van der Waals surface area (Å²) in [6.07, 6.45) is 4.52. The van der Waals surface area contributed by atoms with Crippen molar-refractivity contribution in [2.45, 2.75) is 14.7 Å². The Balaban J connectivity index is 1.09. The van der Waals surface area contributed by atoms with Crippen molar-refractivity contribution >= 4 is 50.4 Å². The van der Waals surface area contributed by atoms with Gasteiger partial charge in [0.15, 0.2) is 5.78 Å². The summed E-state index contributed by atoms with van der Waals surface area (Å²) in [6.45, 7) is 0.